The fourth-order valence-corrected chi connectivity index (χ4v) is 3.90. The molecule has 4 heteroatoms. The van der Waals surface area contributed by atoms with E-state index in [4.69, 9.17) is 0 Å². The van der Waals surface area contributed by atoms with E-state index in [1.54, 1.807) is 0 Å². The molecule has 0 aliphatic heterocycles. The van der Waals surface area contributed by atoms with Gasteiger partial charge in [0, 0.05) is 6.04 Å². The van der Waals surface area contributed by atoms with Crippen molar-refractivity contribution in [2.75, 3.05) is 0 Å². The largest absolute Gasteiger partial charge is 0.216 e. The van der Waals surface area contributed by atoms with Gasteiger partial charge in [-0.15, -0.1) is 0 Å². The van der Waals surface area contributed by atoms with Gasteiger partial charge >= 0.3 is 0 Å². The quantitative estimate of drug-likeness (QED) is 0.879. The van der Waals surface area contributed by atoms with Crippen molar-refractivity contribution in [3.05, 3.63) is 70.8 Å². The molecule has 0 heterocycles. The molecule has 0 saturated carbocycles. The topological polar surface area (TPSA) is 46.2 Å². The fourth-order valence-electron chi connectivity index (χ4n) is 2.47. The zero-order valence-corrected chi connectivity index (χ0v) is 14.2. The van der Waals surface area contributed by atoms with Crippen LogP contribution >= 0.6 is 0 Å². The fraction of sp³-hybridized carbons (Fsp3) is 0.333. The molecule has 118 valence electrons. The van der Waals surface area contributed by atoms with Crippen LogP contribution in [-0.4, -0.2) is 8.42 Å². The minimum atomic E-state index is -3.37. The van der Waals surface area contributed by atoms with Crippen LogP contribution in [0.3, 0.4) is 0 Å². The highest BCUT2D eigenvalue weighted by Crippen LogP contribution is 2.19. The smallest absolute Gasteiger partial charge is 0.212 e. The Labute approximate surface area is 133 Å². The van der Waals surface area contributed by atoms with Crippen molar-refractivity contribution in [3.8, 4) is 0 Å². The summed E-state index contributed by atoms with van der Waals surface area (Å²) >= 11 is 0. The molecule has 0 bridgehead atoms. The molecule has 1 atom stereocenters. The number of hydrogen-bond donors (Lipinski definition) is 1. The standard InChI is InChI=1S/C18H23NO2S/c1-4-18(17-10-8-14(2)9-11-17)19-22(20,21)13-16-7-5-6-15(3)12-16/h5-12,18-19H,4,13H2,1-3H3. The number of rotatable bonds is 6. The van der Waals surface area contributed by atoms with Crippen molar-refractivity contribution in [1.29, 1.82) is 0 Å². The molecule has 3 nitrogen and oxygen atoms in total. The summed E-state index contributed by atoms with van der Waals surface area (Å²) in [5.41, 5.74) is 4.05. The van der Waals surface area contributed by atoms with Crippen molar-refractivity contribution in [3.63, 3.8) is 0 Å². The second-order valence-electron chi connectivity index (χ2n) is 5.74. The van der Waals surface area contributed by atoms with Gasteiger partial charge in [-0.25, -0.2) is 13.1 Å². The van der Waals surface area contributed by atoms with Crippen LogP contribution in [0.5, 0.6) is 0 Å². The third-order valence-corrected chi connectivity index (χ3v) is 5.01. The van der Waals surface area contributed by atoms with E-state index in [0.717, 1.165) is 23.1 Å². The Morgan fingerprint density at radius 1 is 1.00 bits per heavy atom. The van der Waals surface area contributed by atoms with Gasteiger partial charge in [0.1, 0.15) is 0 Å². The molecule has 0 aromatic heterocycles. The molecule has 2 rings (SSSR count). The van der Waals surface area contributed by atoms with E-state index in [1.165, 1.54) is 5.56 Å². The van der Waals surface area contributed by atoms with Crippen LogP contribution in [0.15, 0.2) is 48.5 Å². The van der Waals surface area contributed by atoms with E-state index < -0.39 is 10.0 Å². The maximum absolute atomic E-state index is 12.4. The van der Waals surface area contributed by atoms with Gasteiger partial charge in [0.05, 0.1) is 5.75 Å². The molecule has 22 heavy (non-hydrogen) atoms. The summed E-state index contributed by atoms with van der Waals surface area (Å²) in [4.78, 5) is 0. The summed E-state index contributed by atoms with van der Waals surface area (Å²) in [6.07, 6.45) is 0.718. The van der Waals surface area contributed by atoms with Crippen LogP contribution in [0.2, 0.25) is 0 Å². The third-order valence-electron chi connectivity index (χ3n) is 3.65. The van der Waals surface area contributed by atoms with E-state index >= 15 is 0 Å². The summed E-state index contributed by atoms with van der Waals surface area (Å²) in [5.74, 6) is 0.0110. The first-order chi connectivity index (χ1) is 10.4. The SMILES string of the molecule is CCC(NS(=O)(=O)Cc1cccc(C)c1)c1ccc(C)cc1. The van der Waals surface area contributed by atoms with Crippen LogP contribution < -0.4 is 4.72 Å². The highest BCUT2D eigenvalue weighted by atomic mass is 32.2. The van der Waals surface area contributed by atoms with Crippen molar-refractivity contribution in [2.24, 2.45) is 0 Å². The van der Waals surface area contributed by atoms with Gasteiger partial charge in [0.2, 0.25) is 10.0 Å². The van der Waals surface area contributed by atoms with Crippen LogP contribution in [-0.2, 0) is 15.8 Å². The molecule has 0 aliphatic carbocycles. The zero-order valence-electron chi connectivity index (χ0n) is 13.3. The molecular weight excluding hydrogens is 294 g/mol. The predicted molar refractivity (Wildman–Crippen MR) is 91.1 cm³/mol. The number of hydrogen-bond acceptors (Lipinski definition) is 2. The van der Waals surface area contributed by atoms with Crippen molar-refractivity contribution >= 4 is 10.0 Å². The van der Waals surface area contributed by atoms with Crippen LogP contribution in [0.1, 0.15) is 41.6 Å². The minimum absolute atomic E-state index is 0.0110. The summed E-state index contributed by atoms with van der Waals surface area (Å²) in [7, 11) is -3.37. The second-order valence-corrected chi connectivity index (χ2v) is 7.49. The molecule has 0 radical (unpaired) electrons. The summed E-state index contributed by atoms with van der Waals surface area (Å²) in [5, 5.41) is 0. The Morgan fingerprint density at radius 2 is 1.68 bits per heavy atom. The van der Waals surface area contributed by atoms with Gasteiger partial charge in [-0.3, -0.25) is 0 Å². The first kappa shape index (κ1) is 16.7. The van der Waals surface area contributed by atoms with Crippen LogP contribution in [0, 0.1) is 13.8 Å². The van der Waals surface area contributed by atoms with E-state index in [0.29, 0.717) is 0 Å². The number of nitrogens with one attached hydrogen (secondary N) is 1. The van der Waals surface area contributed by atoms with E-state index in [1.807, 2.05) is 69.3 Å². The molecule has 2 aromatic rings. The zero-order chi connectivity index (χ0) is 16.2. The normalized spacial score (nSPS) is 13.0. The molecular formula is C18H23NO2S. The maximum atomic E-state index is 12.4. The van der Waals surface area contributed by atoms with Gasteiger partial charge in [0.15, 0.2) is 0 Å². The van der Waals surface area contributed by atoms with E-state index in [2.05, 4.69) is 4.72 Å². The van der Waals surface area contributed by atoms with Crippen molar-refractivity contribution in [1.82, 2.24) is 4.72 Å². The second kappa shape index (κ2) is 7.07. The maximum Gasteiger partial charge on any atom is 0.216 e. The number of benzene rings is 2. The number of sulfonamides is 1. The Morgan fingerprint density at radius 3 is 2.27 bits per heavy atom. The highest BCUT2D eigenvalue weighted by molar-refractivity contribution is 7.88. The highest BCUT2D eigenvalue weighted by Gasteiger charge is 2.18. The molecule has 0 saturated heterocycles. The molecule has 2 aromatic carbocycles. The van der Waals surface area contributed by atoms with Gasteiger partial charge in [-0.2, -0.15) is 0 Å². The minimum Gasteiger partial charge on any atom is -0.212 e. The Kier molecular flexibility index (Phi) is 5.37. The molecule has 0 fully saturated rings. The van der Waals surface area contributed by atoms with Crippen molar-refractivity contribution < 1.29 is 8.42 Å². The lowest BCUT2D eigenvalue weighted by Crippen LogP contribution is -2.29. The first-order valence-electron chi connectivity index (χ1n) is 7.52. The van der Waals surface area contributed by atoms with Gasteiger partial charge in [0.25, 0.3) is 0 Å². The summed E-state index contributed by atoms with van der Waals surface area (Å²) < 4.78 is 27.6. The third kappa shape index (κ3) is 4.68. The van der Waals surface area contributed by atoms with Gasteiger partial charge in [-0.1, -0.05) is 66.6 Å². The average molecular weight is 317 g/mol. The van der Waals surface area contributed by atoms with Crippen LogP contribution in [0.4, 0.5) is 0 Å². The Bertz CT molecular complexity index is 721. The lowest BCUT2D eigenvalue weighted by atomic mass is 10.0. The monoisotopic (exact) mass is 317 g/mol. The summed E-state index contributed by atoms with van der Waals surface area (Å²) in [6, 6.07) is 15.4. The average Bonchev–Trinajstić information content (AvgIpc) is 2.45. The van der Waals surface area contributed by atoms with Gasteiger partial charge < -0.3 is 0 Å². The molecule has 0 amide bonds. The number of aryl methyl sites for hydroxylation is 2. The van der Waals surface area contributed by atoms with Crippen LogP contribution in [0.25, 0.3) is 0 Å². The summed E-state index contributed by atoms with van der Waals surface area (Å²) in [6.45, 7) is 5.97. The predicted octanol–water partition coefficient (Wildman–Crippen LogP) is 3.87. The van der Waals surface area contributed by atoms with Crippen molar-refractivity contribution in [2.45, 2.75) is 39.0 Å². The first-order valence-corrected chi connectivity index (χ1v) is 9.17. The molecule has 0 aliphatic rings. The molecule has 1 unspecified atom stereocenters. The van der Waals surface area contributed by atoms with E-state index in [-0.39, 0.29) is 11.8 Å². The Balaban J connectivity index is 2.13. The molecule has 0 spiro atoms. The van der Waals surface area contributed by atoms with E-state index in [9.17, 15) is 8.42 Å². The lowest BCUT2D eigenvalue weighted by molar-refractivity contribution is 0.549. The molecule has 1 N–H and O–H groups in total. The lowest BCUT2D eigenvalue weighted by Gasteiger charge is -2.18. The Hall–Kier alpha value is -1.65. The van der Waals surface area contributed by atoms with Gasteiger partial charge in [-0.05, 0) is 31.4 Å².